The van der Waals surface area contributed by atoms with Gasteiger partial charge in [-0.05, 0) is 36.0 Å². The Balaban J connectivity index is 0.00000106. The molecule has 1 aliphatic rings. The van der Waals surface area contributed by atoms with Crippen LogP contribution in [0.1, 0.15) is 73.6 Å². The molecule has 1 unspecified atom stereocenters. The molecule has 0 aliphatic heterocycles. The van der Waals surface area contributed by atoms with E-state index in [1.165, 1.54) is 32.1 Å². The molecule has 1 saturated carbocycles. The molecule has 0 spiro atoms. The summed E-state index contributed by atoms with van der Waals surface area (Å²) < 4.78 is 0. The lowest BCUT2D eigenvalue weighted by molar-refractivity contribution is -0.0148. The van der Waals surface area contributed by atoms with Crippen molar-refractivity contribution >= 4 is 0 Å². The second-order valence-electron chi connectivity index (χ2n) is 5.28. The van der Waals surface area contributed by atoms with E-state index in [-0.39, 0.29) is 0 Å². The Hall–Kier alpha value is -0.260. The maximum absolute atomic E-state index is 4.11. The van der Waals surface area contributed by atoms with Gasteiger partial charge in [0.1, 0.15) is 0 Å². The first-order valence-corrected chi connectivity index (χ1v) is 7.20. The van der Waals surface area contributed by atoms with Gasteiger partial charge in [-0.2, -0.15) is 0 Å². The largest absolute Gasteiger partial charge is 0.103 e. The molecule has 0 radical (unpaired) electrons. The van der Waals surface area contributed by atoms with E-state index in [0.29, 0.717) is 10.8 Å². The Morgan fingerprint density at radius 3 is 2.12 bits per heavy atom. The summed E-state index contributed by atoms with van der Waals surface area (Å²) in [6, 6.07) is 0. The van der Waals surface area contributed by atoms with Crippen LogP contribution in [0.4, 0.5) is 0 Å². The van der Waals surface area contributed by atoms with Crippen molar-refractivity contribution in [2.75, 3.05) is 0 Å². The Kier molecular flexibility index (Phi) is 6.36. The van der Waals surface area contributed by atoms with Crippen LogP contribution in [0.3, 0.4) is 0 Å². The second-order valence-corrected chi connectivity index (χ2v) is 5.28. The molecule has 16 heavy (non-hydrogen) atoms. The van der Waals surface area contributed by atoms with Crippen molar-refractivity contribution in [3.63, 3.8) is 0 Å². The van der Waals surface area contributed by atoms with E-state index in [9.17, 15) is 0 Å². The van der Waals surface area contributed by atoms with Crippen LogP contribution >= 0.6 is 0 Å². The monoisotopic (exact) mass is 224 g/mol. The second kappa shape index (κ2) is 6.47. The maximum Gasteiger partial charge on any atom is -0.00673 e. The van der Waals surface area contributed by atoms with Crippen molar-refractivity contribution in [3.05, 3.63) is 12.7 Å². The van der Waals surface area contributed by atoms with Crippen molar-refractivity contribution in [1.82, 2.24) is 0 Å². The van der Waals surface area contributed by atoms with Gasteiger partial charge >= 0.3 is 0 Å². The van der Waals surface area contributed by atoms with Crippen LogP contribution in [0.2, 0.25) is 0 Å². The lowest BCUT2D eigenvalue weighted by Gasteiger charge is -2.54. The molecule has 0 bridgehead atoms. The van der Waals surface area contributed by atoms with Gasteiger partial charge in [-0.15, -0.1) is 6.58 Å². The summed E-state index contributed by atoms with van der Waals surface area (Å²) in [6.45, 7) is 17.7. The average Bonchev–Trinajstić information content (AvgIpc) is 2.35. The zero-order valence-corrected chi connectivity index (χ0v) is 12.4. The van der Waals surface area contributed by atoms with Gasteiger partial charge in [0, 0.05) is 0 Å². The van der Waals surface area contributed by atoms with E-state index < -0.39 is 0 Å². The minimum Gasteiger partial charge on any atom is -0.103 e. The first-order valence-electron chi connectivity index (χ1n) is 7.20. The SMILES string of the molecule is C=C[C@]1(CC)CCCC(C)[C@]1(C)CC.CC. The van der Waals surface area contributed by atoms with Crippen LogP contribution in [-0.4, -0.2) is 0 Å². The van der Waals surface area contributed by atoms with E-state index >= 15 is 0 Å². The first kappa shape index (κ1) is 15.7. The molecule has 0 nitrogen and oxygen atoms in total. The smallest absolute Gasteiger partial charge is 0.00673 e. The lowest BCUT2D eigenvalue weighted by Crippen LogP contribution is -2.45. The van der Waals surface area contributed by atoms with Gasteiger partial charge in [0.05, 0.1) is 0 Å². The third-order valence-electron chi connectivity index (χ3n) is 5.24. The van der Waals surface area contributed by atoms with E-state index in [1.807, 2.05) is 13.8 Å². The highest BCUT2D eigenvalue weighted by Crippen LogP contribution is 2.57. The number of rotatable bonds is 3. The standard InChI is InChI=1S/C14H26.C2H6/c1-6-13(5)12(4)10-9-11-14(13,7-2)8-3;1-2/h7,12H,2,6,8-11H2,1,3-5H3;1-2H3/t12?,13-,14-;/m0./s1. The van der Waals surface area contributed by atoms with E-state index in [0.717, 1.165) is 5.92 Å². The Morgan fingerprint density at radius 1 is 1.25 bits per heavy atom. The zero-order valence-electron chi connectivity index (χ0n) is 12.4. The molecule has 0 aromatic carbocycles. The van der Waals surface area contributed by atoms with E-state index in [4.69, 9.17) is 0 Å². The molecule has 1 rings (SSSR count). The molecule has 3 atom stereocenters. The quantitative estimate of drug-likeness (QED) is 0.529. The third kappa shape index (κ3) is 2.36. The van der Waals surface area contributed by atoms with Crippen LogP contribution in [0.5, 0.6) is 0 Å². The summed E-state index contributed by atoms with van der Waals surface area (Å²) in [4.78, 5) is 0. The van der Waals surface area contributed by atoms with Gasteiger partial charge in [0.25, 0.3) is 0 Å². The van der Waals surface area contributed by atoms with Crippen LogP contribution in [-0.2, 0) is 0 Å². The Labute approximate surface area is 104 Å². The van der Waals surface area contributed by atoms with Crippen LogP contribution in [0.25, 0.3) is 0 Å². The fourth-order valence-corrected chi connectivity index (χ4v) is 3.58. The summed E-state index contributed by atoms with van der Waals surface area (Å²) >= 11 is 0. The van der Waals surface area contributed by atoms with Crippen LogP contribution in [0, 0.1) is 16.7 Å². The van der Waals surface area contributed by atoms with E-state index in [2.05, 4.69) is 40.3 Å². The molecular weight excluding hydrogens is 192 g/mol. The molecular formula is C16H32. The predicted octanol–water partition coefficient (Wildman–Crippen LogP) is 5.83. The minimum absolute atomic E-state index is 0.402. The normalized spacial score (nSPS) is 38.5. The van der Waals surface area contributed by atoms with Crippen molar-refractivity contribution in [2.45, 2.75) is 73.6 Å². The van der Waals surface area contributed by atoms with Gasteiger partial charge in [-0.1, -0.05) is 60.5 Å². The molecule has 0 amide bonds. The molecule has 0 aromatic rings. The van der Waals surface area contributed by atoms with Gasteiger partial charge in [-0.3, -0.25) is 0 Å². The topological polar surface area (TPSA) is 0 Å². The number of allylic oxidation sites excluding steroid dienone is 1. The number of hydrogen-bond acceptors (Lipinski definition) is 0. The van der Waals surface area contributed by atoms with Crippen LogP contribution < -0.4 is 0 Å². The summed E-state index contributed by atoms with van der Waals surface area (Å²) in [5.74, 6) is 0.846. The fraction of sp³-hybridized carbons (Fsp3) is 0.875. The molecule has 96 valence electrons. The van der Waals surface area contributed by atoms with Crippen molar-refractivity contribution in [1.29, 1.82) is 0 Å². The zero-order chi connectivity index (χ0) is 12.8. The highest BCUT2D eigenvalue weighted by atomic mass is 14.5. The third-order valence-corrected chi connectivity index (χ3v) is 5.24. The van der Waals surface area contributed by atoms with Crippen molar-refractivity contribution < 1.29 is 0 Å². The first-order chi connectivity index (χ1) is 7.56. The lowest BCUT2D eigenvalue weighted by atomic mass is 9.51. The summed E-state index contributed by atoms with van der Waals surface area (Å²) in [7, 11) is 0. The minimum atomic E-state index is 0.402. The maximum atomic E-state index is 4.11. The Morgan fingerprint density at radius 2 is 1.81 bits per heavy atom. The summed E-state index contributed by atoms with van der Waals surface area (Å²) in [6.07, 6.45) is 8.93. The molecule has 1 fully saturated rings. The highest BCUT2D eigenvalue weighted by Gasteiger charge is 2.48. The van der Waals surface area contributed by atoms with Gasteiger partial charge < -0.3 is 0 Å². The van der Waals surface area contributed by atoms with Gasteiger partial charge in [0.2, 0.25) is 0 Å². The summed E-state index contributed by atoms with van der Waals surface area (Å²) in [5.41, 5.74) is 0.876. The molecule has 1 aliphatic carbocycles. The molecule has 0 N–H and O–H groups in total. The highest BCUT2D eigenvalue weighted by molar-refractivity contribution is 5.08. The molecule has 0 heteroatoms. The molecule has 0 aromatic heterocycles. The van der Waals surface area contributed by atoms with Crippen LogP contribution in [0.15, 0.2) is 12.7 Å². The fourth-order valence-electron chi connectivity index (χ4n) is 3.58. The molecule has 0 saturated heterocycles. The average molecular weight is 224 g/mol. The predicted molar refractivity (Wildman–Crippen MR) is 75.7 cm³/mol. The van der Waals surface area contributed by atoms with Crippen molar-refractivity contribution in [3.8, 4) is 0 Å². The van der Waals surface area contributed by atoms with E-state index in [1.54, 1.807) is 0 Å². The Bertz CT molecular complexity index is 206. The van der Waals surface area contributed by atoms with Gasteiger partial charge in [-0.25, -0.2) is 0 Å². The van der Waals surface area contributed by atoms with Crippen molar-refractivity contribution in [2.24, 2.45) is 16.7 Å². The molecule has 0 heterocycles. The summed E-state index contributed by atoms with van der Waals surface area (Å²) in [5, 5.41) is 0. The number of hydrogen-bond donors (Lipinski definition) is 0. The van der Waals surface area contributed by atoms with Gasteiger partial charge in [0.15, 0.2) is 0 Å².